The lowest BCUT2D eigenvalue weighted by atomic mass is 9.49. The molecule has 0 aromatic rings. The average molecular weight is 322 g/mol. The van der Waals surface area contributed by atoms with Gasteiger partial charge in [0.2, 0.25) is 0 Å². The fourth-order valence-electron chi connectivity index (χ4n) is 5.74. The zero-order chi connectivity index (χ0) is 16.0. The van der Waals surface area contributed by atoms with Gasteiger partial charge in [-0.15, -0.1) is 0 Å². The third kappa shape index (κ3) is 2.75. The molecule has 0 radical (unpaired) electrons. The van der Waals surface area contributed by atoms with Gasteiger partial charge in [-0.25, -0.2) is 4.79 Å². The number of carbonyl (C=O) groups excluding carboxylic acids is 1. The lowest BCUT2D eigenvalue weighted by Gasteiger charge is -2.60. The number of nitrogens with two attached hydrogens (primary N) is 2. The van der Waals surface area contributed by atoms with Gasteiger partial charge < -0.3 is 26.4 Å². The molecule has 4 bridgehead atoms. The van der Waals surface area contributed by atoms with Crippen LogP contribution in [0.2, 0.25) is 0 Å². The molecule has 5 aliphatic rings. The Hall–Kier alpha value is -0.850. The van der Waals surface area contributed by atoms with Gasteiger partial charge in [-0.05, 0) is 55.8 Å². The lowest BCUT2D eigenvalue weighted by Crippen LogP contribution is -2.68. The van der Waals surface area contributed by atoms with Crippen LogP contribution in [0.25, 0.3) is 0 Å². The van der Waals surface area contributed by atoms with Gasteiger partial charge in [0.05, 0.1) is 12.7 Å². The molecule has 1 heterocycles. The summed E-state index contributed by atoms with van der Waals surface area (Å²) >= 11 is 0. The highest BCUT2D eigenvalue weighted by Gasteiger charge is 2.55. The van der Waals surface area contributed by atoms with Crippen molar-refractivity contribution in [1.29, 1.82) is 0 Å². The summed E-state index contributed by atoms with van der Waals surface area (Å²) < 4.78 is 5.53. The second-order valence-electron chi connectivity index (χ2n) is 8.25. The van der Waals surface area contributed by atoms with Crippen molar-refractivity contribution in [3.05, 3.63) is 0 Å². The highest BCUT2D eigenvalue weighted by Crippen LogP contribution is 2.57. The van der Waals surface area contributed by atoms with E-state index < -0.39 is 0 Å². The van der Waals surface area contributed by atoms with Crippen molar-refractivity contribution in [2.45, 2.75) is 43.7 Å². The molecule has 5 N–H and O–H groups in total. The summed E-state index contributed by atoms with van der Waals surface area (Å²) in [5, 5.41) is 3.13. The highest BCUT2D eigenvalue weighted by atomic mass is 16.5. The van der Waals surface area contributed by atoms with Gasteiger partial charge in [0.25, 0.3) is 0 Å². The molecule has 1 aliphatic heterocycles. The van der Waals surface area contributed by atoms with E-state index in [0.717, 1.165) is 11.8 Å². The van der Waals surface area contributed by atoms with E-state index >= 15 is 0 Å². The number of hydrogen-bond acceptors (Lipinski definition) is 4. The maximum absolute atomic E-state index is 12.5. The Morgan fingerprint density at radius 1 is 1.17 bits per heavy atom. The predicted molar refractivity (Wildman–Crippen MR) is 87.7 cm³/mol. The van der Waals surface area contributed by atoms with Crippen LogP contribution in [0.15, 0.2) is 0 Å². The van der Waals surface area contributed by atoms with Gasteiger partial charge in [-0.3, -0.25) is 0 Å². The van der Waals surface area contributed by atoms with E-state index in [4.69, 9.17) is 16.2 Å². The largest absolute Gasteiger partial charge is 0.373 e. The van der Waals surface area contributed by atoms with Gasteiger partial charge >= 0.3 is 6.03 Å². The van der Waals surface area contributed by atoms with Crippen LogP contribution in [0, 0.1) is 23.7 Å². The number of rotatable bonds is 3. The fraction of sp³-hybridized carbons (Fsp3) is 0.941. The predicted octanol–water partition coefficient (Wildman–Crippen LogP) is 0.509. The minimum atomic E-state index is -0.192. The van der Waals surface area contributed by atoms with Crippen molar-refractivity contribution in [1.82, 2.24) is 10.2 Å². The molecular weight excluding hydrogens is 292 g/mol. The lowest BCUT2D eigenvalue weighted by molar-refractivity contribution is -0.0540. The normalized spacial score (nSPS) is 45.3. The highest BCUT2D eigenvalue weighted by molar-refractivity contribution is 5.74. The smallest absolute Gasteiger partial charge is 0.317 e. The van der Waals surface area contributed by atoms with Crippen molar-refractivity contribution < 1.29 is 9.53 Å². The molecule has 5 rings (SSSR count). The second kappa shape index (κ2) is 5.90. The molecule has 0 spiro atoms. The standard InChI is InChI=1S/C17H30N4O2/c18-8-15-9-21(1-2-23-15)16(22)20-10-17(19)13-4-11-3-12(6-13)7-14(17)5-11/h11-15H,1-10,18-19H2,(H,20,22). The number of amides is 2. The zero-order valence-electron chi connectivity index (χ0n) is 13.9. The Bertz CT molecular complexity index is 442. The van der Waals surface area contributed by atoms with Crippen molar-refractivity contribution in [2.75, 3.05) is 32.8 Å². The first-order valence-corrected chi connectivity index (χ1v) is 9.21. The molecule has 23 heavy (non-hydrogen) atoms. The Morgan fingerprint density at radius 3 is 2.43 bits per heavy atom. The molecule has 130 valence electrons. The first kappa shape index (κ1) is 15.7. The van der Waals surface area contributed by atoms with E-state index in [0.29, 0.717) is 44.6 Å². The summed E-state index contributed by atoms with van der Waals surface area (Å²) in [5.74, 6) is 2.99. The Balaban J connectivity index is 1.36. The molecule has 5 fully saturated rings. The molecule has 1 unspecified atom stereocenters. The van der Waals surface area contributed by atoms with Crippen molar-refractivity contribution >= 4 is 6.03 Å². The molecule has 2 amide bonds. The zero-order valence-corrected chi connectivity index (χ0v) is 13.9. The molecule has 0 aromatic heterocycles. The van der Waals surface area contributed by atoms with Crippen LogP contribution in [-0.4, -0.2) is 55.4 Å². The first-order valence-electron chi connectivity index (χ1n) is 9.21. The molecule has 6 nitrogen and oxygen atoms in total. The number of ether oxygens (including phenoxy) is 1. The third-order valence-electron chi connectivity index (χ3n) is 6.89. The van der Waals surface area contributed by atoms with E-state index in [2.05, 4.69) is 5.32 Å². The number of nitrogens with zero attached hydrogens (tertiary/aromatic N) is 1. The van der Waals surface area contributed by atoms with E-state index in [1.165, 1.54) is 32.1 Å². The van der Waals surface area contributed by atoms with Gasteiger partial charge in [0, 0.05) is 31.7 Å². The van der Waals surface area contributed by atoms with Gasteiger partial charge in [-0.1, -0.05) is 0 Å². The molecule has 4 aliphatic carbocycles. The summed E-state index contributed by atoms with van der Waals surface area (Å²) in [6.07, 6.45) is 6.46. The van der Waals surface area contributed by atoms with Gasteiger partial charge in [-0.2, -0.15) is 0 Å². The van der Waals surface area contributed by atoms with E-state index in [1.807, 2.05) is 4.90 Å². The van der Waals surface area contributed by atoms with Crippen LogP contribution in [-0.2, 0) is 4.74 Å². The minimum Gasteiger partial charge on any atom is -0.373 e. The van der Waals surface area contributed by atoms with Crippen LogP contribution < -0.4 is 16.8 Å². The van der Waals surface area contributed by atoms with E-state index in [-0.39, 0.29) is 17.7 Å². The van der Waals surface area contributed by atoms with Crippen LogP contribution >= 0.6 is 0 Å². The molecular formula is C17H30N4O2. The van der Waals surface area contributed by atoms with Gasteiger partial charge in [0.15, 0.2) is 0 Å². The number of morpholine rings is 1. The van der Waals surface area contributed by atoms with Crippen LogP contribution in [0.4, 0.5) is 4.79 Å². The quantitative estimate of drug-likeness (QED) is 0.706. The fourth-order valence-corrected chi connectivity index (χ4v) is 5.74. The molecule has 6 heteroatoms. The summed E-state index contributed by atoms with van der Waals surface area (Å²) in [6.45, 7) is 2.86. The van der Waals surface area contributed by atoms with Crippen LogP contribution in [0.5, 0.6) is 0 Å². The van der Waals surface area contributed by atoms with E-state index in [9.17, 15) is 4.79 Å². The summed E-state index contributed by atoms with van der Waals surface area (Å²) in [7, 11) is 0. The third-order valence-corrected chi connectivity index (χ3v) is 6.89. The topological polar surface area (TPSA) is 93.6 Å². The van der Waals surface area contributed by atoms with Crippen molar-refractivity contribution in [3.8, 4) is 0 Å². The second-order valence-corrected chi connectivity index (χ2v) is 8.25. The average Bonchev–Trinajstić information content (AvgIpc) is 2.57. The Morgan fingerprint density at radius 2 is 1.83 bits per heavy atom. The van der Waals surface area contributed by atoms with Crippen LogP contribution in [0.3, 0.4) is 0 Å². The molecule has 4 saturated carbocycles. The SMILES string of the molecule is NCC1CN(C(=O)NCC2(N)C3CC4CC(C3)CC2C4)CCO1. The summed E-state index contributed by atoms with van der Waals surface area (Å²) in [6, 6.07) is -0.00891. The van der Waals surface area contributed by atoms with E-state index in [1.54, 1.807) is 0 Å². The monoisotopic (exact) mass is 322 g/mol. The first-order chi connectivity index (χ1) is 11.1. The minimum absolute atomic E-state index is 0.00891. The molecule has 0 aromatic carbocycles. The maximum atomic E-state index is 12.5. The number of nitrogens with one attached hydrogen (secondary N) is 1. The number of hydrogen-bond donors (Lipinski definition) is 3. The molecule has 1 atom stereocenters. The maximum Gasteiger partial charge on any atom is 0.317 e. The summed E-state index contributed by atoms with van der Waals surface area (Å²) in [4.78, 5) is 14.3. The van der Waals surface area contributed by atoms with Crippen molar-refractivity contribution in [3.63, 3.8) is 0 Å². The van der Waals surface area contributed by atoms with Crippen molar-refractivity contribution in [2.24, 2.45) is 35.1 Å². The number of urea groups is 1. The Kier molecular flexibility index (Phi) is 4.02. The molecule has 1 saturated heterocycles. The Labute approximate surface area is 138 Å². The summed E-state index contributed by atoms with van der Waals surface area (Å²) in [5.41, 5.74) is 12.3. The van der Waals surface area contributed by atoms with Gasteiger partial charge in [0.1, 0.15) is 0 Å². The van der Waals surface area contributed by atoms with Crippen LogP contribution in [0.1, 0.15) is 32.1 Å². The number of carbonyl (C=O) groups is 1.